The number of thiophene rings is 1. The van der Waals surface area contributed by atoms with E-state index >= 15 is 0 Å². The first kappa shape index (κ1) is 37.2. The minimum Gasteiger partial charge on any atom is -0.497 e. The zero-order chi connectivity index (χ0) is 36.5. The third-order valence-corrected chi connectivity index (χ3v) is 10.2. The van der Waals surface area contributed by atoms with Crippen molar-refractivity contribution in [1.29, 1.82) is 0 Å². The summed E-state index contributed by atoms with van der Waals surface area (Å²) in [5.41, 5.74) is 1.91. The van der Waals surface area contributed by atoms with E-state index in [0.717, 1.165) is 3.79 Å². The molecule has 0 atom stereocenters. The fraction of sp³-hybridized carbons (Fsp3) is 0.256. The van der Waals surface area contributed by atoms with Crippen LogP contribution in [-0.4, -0.2) is 50.4 Å². The first-order valence-electron chi connectivity index (χ1n) is 16.3. The number of carbonyl (C=O) groups excluding carboxylic acids is 5. The smallest absolute Gasteiger partial charge is 0.337 e. The molecule has 0 saturated heterocycles. The first-order valence-corrected chi connectivity index (χ1v) is 17.9. The number of allylic oxidation sites excluding steroid dienone is 1. The fourth-order valence-corrected chi connectivity index (χ4v) is 6.99. The molecule has 0 aliphatic heterocycles. The highest BCUT2D eigenvalue weighted by molar-refractivity contribution is 9.11. The molecule has 1 aliphatic carbocycles. The number of nitrogens with zero attached hydrogens (tertiary/aromatic N) is 1. The Kier molecular flexibility index (Phi) is 12.6. The quantitative estimate of drug-likeness (QED) is 0.0607. The minimum absolute atomic E-state index is 0.175. The molecule has 0 spiro atoms. The molecule has 1 fully saturated rings. The van der Waals surface area contributed by atoms with Crippen molar-refractivity contribution in [2.45, 2.75) is 32.6 Å². The molecular formula is C39H36BrNO9S. The van der Waals surface area contributed by atoms with Gasteiger partial charge >= 0.3 is 17.9 Å². The number of ketones is 1. The van der Waals surface area contributed by atoms with E-state index in [2.05, 4.69) is 15.9 Å². The highest BCUT2D eigenvalue weighted by atomic mass is 79.9. The third kappa shape index (κ3) is 9.39. The number of rotatable bonds is 12. The molecule has 0 N–H and O–H groups in total. The van der Waals surface area contributed by atoms with Crippen LogP contribution < -0.4 is 19.1 Å². The van der Waals surface area contributed by atoms with Crippen molar-refractivity contribution >= 4 is 68.6 Å². The summed E-state index contributed by atoms with van der Waals surface area (Å²) in [6, 6.07) is 21.5. The summed E-state index contributed by atoms with van der Waals surface area (Å²) in [4.78, 5) is 65.9. The Morgan fingerprint density at radius 2 is 1.39 bits per heavy atom. The molecule has 12 heteroatoms. The largest absolute Gasteiger partial charge is 0.497 e. The highest BCUT2D eigenvalue weighted by Crippen LogP contribution is 2.33. The molecule has 1 heterocycles. The Hall–Kier alpha value is -5.07. The van der Waals surface area contributed by atoms with Crippen molar-refractivity contribution in [2.24, 2.45) is 11.8 Å². The van der Waals surface area contributed by atoms with Crippen LogP contribution in [0.4, 0.5) is 5.69 Å². The van der Waals surface area contributed by atoms with Crippen molar-refractivity contribution in [1.82, 2.24) is 0 Å². The molecule has 0 radical (unpaired) electrons. The van der Waals surface area contributed by atoms with Gasteiger partial charge in [0.05, 0.1) is 40.3 Å². The number of hydrogen-bond donors (Lipinski definition) is 0. The molecule has 1 aliphatic rings. The summed E-state index contributed by atoms with van der Waals surface area (Å²) in [7, 11) is 2.83. The van der Waals surface area contributed by atoms with Gasteiger partial charge in [-0.05, 0) is 140 Å². The number of carbonyl (C=O) groups is 5. The summed E-state index contributed by atoms with van der Waals surface area (Å²) in [6.45, 7) is 2.25. The summed E-state index contributed by atoms with van der Waals surface area (Å²) >= 11 is 4.69. The Balaban J connectivity index is 1.14. The molecule has 3 aromatic carbocycles. The van der Waals surface area contributed by atoms with E-state index in [9.17, 15) is 24.0 Å². The number of amides is 1. The van der Waals surface area contributed by atoms with Gasteiger partial charge in [-0.1, -0.05) is 0 Å². The fourth-order valence-electron chi connectivity index (χ4n) is 5.69. The average Bonchev–Trinajstić information content (AvgIpc) is 3.61. The van der Waals surface area contributed by atoms with Gasteiger partial charge in [0, 0.05) is 23.4 Å². The van der Waals surface area contributed by atoms with Crippen LogP contribution in [0, 0.1) is 11.8 Å². The lowest BCUT2D eigenvalue weighted by Crippen LogP contribution is -2.31. The number of esters is 3. The number of halogens is 1. The van der Waals surface area contributed by atoms with Crippen LogP contribution >= 0.6 is 27.3 Å². The van der Waals surface area contributed by atoms with E-state index in [-0.39, 0.29) is 23.6 Å². The lowest BCUT2D eigenvalue weighted by atomic mass is 9.82. The lowest BCUT2D eigenvalue weighted by Gasteiger charge is -2.26. The maximum atomic E-state index is 13.2. The molecule has 264 valence electrons. The Morgan fingerprint density at radius 1 is 0.784 bits per heavy atom. The molecule has 1 saturated carbocycles. The van der Waals surface area contributed by atoms with E-state index < -0.39 is 17.9 Å². The van der Waals surface area contributed by atoms with Crippen molar-refractivity contribution < 1.29 is 42.9 Å². The summed E-state index contributed by atoms with van der Waals surface area (Å²) in [6.07, 6.45) is 4.87. The van der Waals surface area contributed by atoms with Gasteiger partial charge in [0.1, 0.15) is 17.2 Å². The number of anilines is 1. The topological polar surface area (TPSA) is 126 Å². The van der Waals surface area contributed by atoms with E-state index in [1.54, 1.807) is 89.8 Å². The number of methoxy groups -OCH3 is 2. The molecule has 1 aromatic heterocycles. The lowest BCUT2D eigenvalue weighted by molar-refractivity contribution is -0.145. The van der Waals surface area contributed by atoms with Crippen molar-refractivity contribution in [2.75, 3.05) is 25.7 Å². The van der Waals surface area contributed by atoms with Crippen LogP contribution in [0.1, 0.15) is 68.6 Å². The number of benzene rings is 3. The molecule has 0 bridgehead atoms. The minimum atomic E-state index is -0.482. The van der Waals surface area contributed by atoms with Crippen molar-refractivity contribution in [3.63, 3.8) is 0 Å². The number of ether oxygens (including phenoxy) is 4. The molecule has 5 rings (SSSR count). The standard InChI is InChI=1S/C39H36BrNO9S/c1-4-41(36(43)24-5-7-25(8-6-24)37(44)48-3)29-14-16-30(17-15-29)49-38(45)26-9-11-27(12-10-26)39(46)50-33-20-18-31(47-2)23-28(33)13-19-32(42)34-21-22-35(40)51-34/h5-8,13-23,26-27H,4,9-12H2,1-3H3/b19-13+. The van der Waals surface area contributed by atoms with Crippen molar-refractivity contribution in [3.05, 3.63) is 110 Å². The predicted octanol–water partition coefficient (Wildman–Crippen LogP) is 8.19. The molecule has 10 nitrogen and oxygen atoms in total. The van der Waals surface area contributed by atoms with E-state index in [1.807, 2.05) is 6.92 Å². The molecule has 1 amide bonds. The maximum absolute atomic E-state index is 13.2. The van der Waals surface area contributed by atoms with Crippen LogP contribution in [0.2, 0.25) is 0 Å². The van der Waals surface area contributed by atoms with E-state index in [1.165, 1.54) is 31.6 Å². The van der Waals surface area contributed by atoms with Gasteiger partial charge in [-0.25, -0.2) is 4.79 Å². The Labute approximate surface area is 308 Å². The third-order valence-electron chi connectivity index (χ3n) is 8.53. The zero-order valence-electron chi connectivity index (χ0n) is 28.3. The van der Waals surface area contributed by atoms with Gasteiger partial charge in [-0.15, -0.1) is 11.3 Å². The average molecular weight is 775 g/mol. The molecule has 4 aromatic rings. The van der Waals surface area contributed by atoms with Gasteiger partial charge in [-0.2, -0.15) is 0 Å². The molecule has 51 heavy (non-hydrogen) atoms. The monoisotopic (exact) mass is 773 g/mol. The van der Waals surface area contributed by atoms with Gasteiger partial charge in [-0.3, -0.25) is 19.2 Å². The van der Waals surface area contributed by atoms with Crippen LogP contribution in [0.3, 0.4) is 0 Å². The highest BCUT2D eigenvalue weighted by Gasteiger charge is 2.32. The first-order chi connectivity index (χ1) is 24.6. The Bertz CT molecular complexity index is 1930. The van der Waals surface area contributed by atoms with Crippen LogP contribution in [0.5, 0.6) is 17.2 Å². The van der Waals surface area contributed by atoms with Crippen LogP contribution in [0.25, 0.3) is 6.08 Å². The van der Waals surface area contributed by atoms with Gasteiger partial charge in [0.2, 0.25) is 0 Å². The second-order valence-corrected chi connectivity index (χ2v) is 14.2. The SMILES string of the molecule is CCN(C(=O)c1ccc(C(=O)OC)cc1)c1ccc(OC(=O)C2CCC(C(=O)Oc3ccc(OC)cc3/C=C/C(=O)c3ccc(Br)s3)CC2)cc1. The Morgan fingerprint density at radius 3 is 1.96 bits per heavy atom. The second-order valence-electron chi connectivity index (χ2n) is 11.7. The second kappa shape index (κ2) is 17.2. The normalized spacial score (nSPS) is 15.5. The van der Waals surface area contributed by atoms with E-state index in [4.69, 9.17) is 18.9 Å². The summed E-state index contributed by atoms with van der Waals surface area (Å²) < 4.78 is 22.4. The summed E-state index contributed by atoms with van der Waals surface area (Å²) in [5.74, 6) is -1.25. The summed E-state index contributed by atoms with van der Waals surface area (Å²) in [5, 5.41) is 0. The van der Waals surface area contributed by atoms with Crippen LogP contribution in [0.15, 0.2) is 88.7 Å². The predicted molar refractivity (Wildman–Crippen MR) is 197 cm³/mol. The number of hydrogen-bond acceptors (Lipinski definition) is 10. The molecule has 0 unspecified atom stereocenters. The van der Waals surface area contributed by atoms with Crippen LogP contribution in [-0.2, 0) is 14.3 Å². The maximum Gasteiger partial charge on any atom is 0.337 e. The van der Waals surface area contributed by atoms with Crippen molar-refractivity contribution in [3.8, 4) is 17.2 Å². The van der Waals surface area contributed by atoms with Gasteiger partial charge in [0.15, 0.2) is 5.78 Å². The van der Waals surface area contributed by atoms with E-state index in [0.29, 0.717) is 76.7 Å². The molecular weight excluding hydrogens is 738 g/mol. The van der Waals surface area contributed by atoms with Gasteiger partial charge < -0.3 is 23.8 Å². The van der Waals surface area contributed by atoms with Gasteiger partial charge in [0.25, 0.3) is 5.91 Å². The zero-order valence-corrected chi connectivity index (χ0v) is 30.7.